The molecule has 20 heavy (non-hydrogen) atoms. The number of benzene rings is 1. The molecule has 4 nitrogen and oxygen atoms in total. The summed E-state index contributed by atoms with van der Waals surface area (Å²) in [5.74, 6) is 0.130. The van der Waals surface area contributed by atoms with Crippen LogP contribution in [0.1, 0.15) is 17.3 Å². The summed E-state index contributed by atoms with van der Waals surface area (Å²) in [5, 5.41) is 0. The van der Waals surface area contributed by atoms with Crippen LogP contribution in [0, 0.1) is 0 Å². The van der Waals surface area contributed by atoms with Gasteiger partial charge in [0.15, 0.2) is 5.78 Å². The van der Waals surface area contributed by atoms with Crippen molar-refractivity contribution in [2.75, 3.05) is 58.3 Å². The van der Waals surface area contributed by atoms with Gasteiger partial charge in [0, 0.05) is 50.5 Å². The van der Waals surface area contributed by atoms with Crippen molar-refractivity contribution in [3.63, 3.8) is 0 Å². The molecule has 4 heteroatoms. The van der Waals surface area contributed by atoms with Crippen molar-refractivity contribution in [3.05, 3.63) is 29.8 Å². The molecule has 0 unspecified atom stereocenters. The molecule has 0 N–H and O–H groups in total. The Morgan fingerprint density at radius 1 is 1.10 bits per heavy atom. The first kappa shape index (κ1) is 15.0. The number of carbonyl (C=O) groups excluding carboxylic acids is 1. The molecule has 1 aromatic carbocycles. The number of anilines is 1. The molecule has 1 heterocycles. The minimum absolute atomic E-state index is 0.130. The summed E-state index contributed by atoms with van der Waals surface area (Å²) in [7, 11) is 4.24. The van der Waals surface area contributed by atoms with Crippen molar-refractivity contribution in [3.8, 4) is 0 Å². The van der Waals surface area contributed by atoms with Crippen LogP contribution in [-0.4, -0.2) is 68.9 Å². The predicted molar refractivity (Wildman–Crippen MR) is 83.7 cm³/mol. The maximum Gasteiger partial charge on any atom is 0.159 e. The standard InChI is InChI=1S/C16H25N3O/c1-14(20)15-4-6-16(7-5-15)19-12-10-18(11-13-19)9-8-17(2)3/h4-7H,8-13H2,1-3H3. The molecule has 0 atom stereocenters. The molecule has 2 rings (SSSR count). The topological polar surface area (TPSA) is 26.8 Å². The fraction of sp³-hybridized carbons (Fsp3) is 0.562. The van der Waals surface area contributed by atoms with E-state index in [9.17, 15) is 4.79 Å². The first-order valence-corrected chi connectivity index (χ1v) is 7.29. The lowest BCUT2D eigenvalue weighted by Crippen LogP contribution is -2.48. The third-order valence-electron chi connectivity index (χ3n) is 3.87. The Balaban J connectivity index is 1.85. The molecule has 0 amide bonds. The van der Waals surface area contributed by atoms with E-state index in [-0.39, 0.29) is 5.78 Å². The molecule has 0 aromatic heterocycles. The van der Waals surface area contributed by atoms with E-state index in [1.54, 1.807) is 6.92 Å². The summed E-state index contributed by atoms with van der Waals surface area (Å²) in [6, 6.07) is 7.98. The van der Waals surface area contributed by atoms with Crippen LogP contribution in [0.25, 0.3) is 0 Å². The van der Waals surface area contributed by atoms with Crippen LogP contribution in [0.15, 0.2) is 24.3 Å². The van der Waals surface area contributed by atoms with Crippen molar-refractivity contribution in [2.24, 2.45) is 0 Å². The van der Waals surface area contributed by atoms with Crippen molar-refractivity contribution in [1.29, 1.82) is 0 Å². The average molecular weight is 275 g/mol. The van der Waals surface area contributed by atoms with Gasteiger partial charge in [-0.1, -0.05) is 0 Å². The van der Waals surface area contributed by atoms with E-state index in [0.717, 1.165) is 44.8 Å². The zero-order chi connectivity index (χ0) is 14.5. The maximum atomic E-state index is 11.3. The van der Waals surface area contributed by atoms with E-state index in [1.807, 2.05) is 12.1 Å². The molecule has 0 bridgehead atoms. The highest BCUT2D eigenvalue weighted by Gasteiger charge is 2.17. The van der Waals surface area contributed by atoms with Crippen LogP contribution in [0.5, 0.6) is 0 Å². The molecule has 1 fully saturated rings. The van der Waals surface area contributed by atoms with E-state index in [2.05, 4.69) is 40.9 Å². The van der Waals surface area contributed by atoms with Gasteiger partial charge in [-0.05, 0) is 45.3 Å². The van der Waals surface area contributed by atoms with Crippen LogP contribution in [-0.2, 0) is 0 Å². The van der Waals surface area contributed by atoms with E-state index in [1.165, 1.54) is 5.69 Å². The van der Waals surface area contributed by atoms with Gasteiger partial charge < -0.3 is 9.80 Å². The molecule has 1 aromatic rings. The number of hydrogen-bond donors (Lipinski definition) is 0. The molecule has 1 saturated heterocycles. The second-order valence-corrected chi connectivity index (χ2v) is 5.74. The normalized spacial score (nSPS) is 16.7. The monoisotopic (exact) mass is 275 g/mol. The van der Waals surface area contributed by atoms with Gasteiger partial charge in [-0.15, -0.1) is 0 Å². The lowest BCUT2D eigenvalue weighted by atomic mass is 10.1. The third-order valence-corrected chi connectivity index (χ3v) is 3.87. The Bertz CT molecular complexity index is 434. The lowest BCUT2D eigenvalue weighted by Gasteiger charge is -2.36. The summed E-state index contributed by atoms with van der Waals surface area (Å²) >= 11 is 0. The number of piperazine rings is 1. The summed E-state index contributed by atoms with van der Waals surface area (Å²) in [6.07, 6.45) is 0. The minimum atomic E-state index is 0.130. The summed E-state index contributed by atoms with van der Waals surface area (Å²) in [5.41, 5.74) is 2.01. The fourth-order valence-electron chi connectivity index (χ4n) is 2.48. The smallest absolute Gasteiger partial charge is 0.159 e. The lowest BCUT2D eigenvalue weighted by molar-refractivity contribution is 0.101. The largest absolute Gasteiger partial charge is 0.369 e. The molecule has 0 aliphatic carbocycles. The molecule has 110 valence electrons. The van der Waals surface area contributed by atoms with Crippen molar-refractivity contribution >= 4 is 11.5 Å². The Morgan fingerprint density at radius 3 is 2.20 bits per heavy atom. The van der Waals surface area contributed by atoms with Gasteiger partial charge in [0.25, 0.3) is 0 Å². The minimum Gasteiger partial charge on any atom is -0.369 e. The zero-order valence-electron chi connectivity index (χ0n) is 12.8. The van der Waals surface area contributed by atoms with E-state index in [4.69, 9.17) is 0 Å². The van der Waals surface area contributed by atoms with E-state index < -0.39 is 0 Å². The number of ketones is 1. The maximum absolute atomic E-state index is 11.3. The van der Waals surface area contributed by atoms with Gasteiger partial charge in [0.1, 0.15) is 0 Å². The molecular formula is C16H25N3O. The molecule has 1 aliphatic heterocycles. The summed E-state index contributed by atoms with van der Waals surface area (Å²) in [4.78, 5) is 18.4. The summed E-state index contributed by atoms with van der Waals surface area (Å²) in [6.45, 7) is 8.22. The average Bonchev–Trinajstić information content (AvgIpc) is 2.46. The highest BCUT2D eigenvalue weighted by Crippen LogP contribution is 2.17. The van der Waals surface area contributed by atoms with E-state index in [0.29, 0.717) is 0 Å². The molecule has 1 aliphatic rings. The number of nitrogens with zero attached hydrogens (tertiary/aromatic N) is 3. The highest BCUT2D eigenvalue weighted by atomic mass is 16.1. The van der Waals surface area contributed by atoms with Crippen molar-refractivity contribution in [2.45, 2.75) is 6.92 Å². The van der Waals surface area contributed by atoms with Gasteiger partial charge in [0.2, 0.25) is 0 Å². The second-order valence-electron chi connectivity index (χ2n) is 5.74. The zero-order valence-corrected chi connectivity index (χ0v) is 12.8. The van der Waals surface area contributed by atoms with Crippen molar-refractivity contribution in [1.82, 2.24) is 9.80 Å². The Kier molecular flexibility index (Phi) is 5.15. The Morgan fingerprint density at radius 2 is 1.70 bits per heavy atom. The highest BCUT2D eigenvalue weighted by molar-refractivity contribution is 5.94. The first-order valence-electron chi connectivity index (χ1n) is 7.29. The van der Waals surface area contributed by atoms with E-state index >= 15 is 0 Å². The Hall–Kier alpha value is -1.39. The molecular weight excluding hydrogens is 250 g/mol. The van der Waals surface area contributed by atoms with Crippen LogP contribution in [0.2, 0.25) is 0 Å². The quantitative estimate of drug-likeness (QED) is 0.762. The van der Waals surface area contributed by atoms with Crippen LogP contribution in [0.4, 0.5) is 5.69 Å². The number of rotatable bonds is 5. The Labute approximate surface area is 122 Å². The predicted octanol–water partition coefficient (Wildman–Crippen LogP) is 1.57. The van der Waals surface area contributed by atoms with Gasteiger partial charge in [-0.2, -0.15) is 0 Å². The number of carbonyl (C=O) groups is 1. The molecule has 0 radical (unpaired) electrons. The van der Waals surface area contributed by atoms with Crippen LogP contribution >= 0.6 is 0 Å². The van der Waals surface area contributed by atoms with Gasteiger partial charge in [-0.25, -0.2) is 0 Å². The number of Topliss-reactive ketones (excluding diaryl/α,β-unsaturated/α-hetero) is 1. The van der Waals surface area contributed by atoms with Crippen LogP contribution in [0.3, 0.4) is 0 Å². The van der Waals surface area contributed by atoms with Gasteiger partial charge >= 0.3 is 0 Å². The molecule has 0 saturated carbocycles. The SMILES string of the molecule is CC(=O)c1ccc(N2CCN(CCN(C)C)CC2)cc1. The fourth-order valence-corrected chi connectivity index (χ4v) is 2.48. The third kappa shape index (κ3) is 4.05. The first-order chi connectivity index (χ1) is 9.56. The molecule has 0 spiro atoms. The van der Waals surface area contributed by atoms with Crippen LogP contribution < -0.4 is 4.90 Å². The number of hydrogen-bond acceptors (Lipinski definition) is 4. The summed E-state index contributed by atoms with van der Waals surface area (Å²) < 4.78 is 0. The van der Waals surface area contributed by atoms with Crippen molar-refractivity contribution < 1.29 is 4.79 Å². The van der Waals surface area contributed by atoms with Gasteiger partial charge in [0.05, 0.1) is 0 Å². The second kappa shape index (κ2) is 6.86. The number of likely N-dealkylation sites (N-methyl/N-ethyl adjacent to an activating group) is 1. The van der Waals surface area contributed by atoms with Gasteiger partial charge in [-0.3, -0.25) is 9.69 Å².